The molecule has 1 rings (SSSR count). The largest absolute Gasteiger partial charge is 0.0883 e. The van der Waals surface area contributed by atoms with Crippen LogP contribution in [0.15, 0.2) is 12.2 Å². The van der Waals surface area contributed by atoms with Gasteiger partial charge in [-0.1, -0.05) is 38.3 Å². The molecule has 0 spiro atoms. The minimum Gasteiger partial charge on any atom is -0.0883 e. The van der Waals surface area contributed by atoms with E-state index in [0.29, 0.717) is 0 Å². The number of hydrogen-bond acceptors (Lipinski definition) is 0. The topological polar surface area (TPSA) is 0 Å². The second-order valence-corrected chi connectivity index (χ2v) is 3.47. The molecule has 0 fully saturated rings. The quantitative estimate of drug-likeness (QED) is 0.527. The van der Waals surface area contributed by atoms with Gasteiger partial charge in [0.25, 0.3) is 0 Å². The maximum Gasteiger partial charge on any atom is -0.0234 e. The summed E-state index contributed by atoms with van der Waals surface area (Å²) in [6.07, 6.45) is 14.1. The van der Waals surface area contributed by atoms with Crippen LogP contribution in [0.4, 0.5) is 0 Å². The number of hydrogen-bond donors (Lipinski definition) is 0. The molecule has 0 aromatic heterocycles. The molecule has 0 nitrogen and oxygen atoms in total. The molecule has 1 atom stereocenters. The van der Waals surface area contributed by atoms with Gasteiger partial charge in [0.15, 0.2) is 0 Å². The van der Waals surface area contributed by atoms with Gasteiger partial charge in [-0.3, -0.25) is 0 Å². The van der Waals surface area contributed by atoms with E-state index < -0.39 is 0 Å². The average molecular weight is 151 g/mol. The smallest absolute Gasteiger partial charge is 0.0234 e. The lowest BCUT2D eigenvalue weighted by Crippen LogP contribution is -1.98. The maximum absolute atomic E-state index is 3.90. The van der Waals surface area contributed by atoms with Crippen LogP contribution in [0.1, 0.15) is 44.9 Å². The van der Waals surface area contributed by atoms with Crippen molar-refractivity contribution in [3.05, 3.63) is 19.1 Å². The standard InChI is InChI=1S/C11H19/c1-2-8-11-9-6-4-3-5-7-10-11/h6,9,11H,1-5,7-8,10H2. The van der Waals surface area contributed by atoms with Crippen LogP contribution in [-0.4, -0.2) is 0 Å². The Kier molecular flexibility index (Phi) is 4.33. The van der Waals surface area contributed by atoms with Gasteiger partial charge in [0.05, 0.1) is 0 Å². The van der Waals surface area contributed by atoms with E-state index in [0.717, 1.165) is 12.3 Å². The molecule has 1 radical (unpaired) electrons. The lowest BCUT2D eigenvalue weighted by Gasteiger charge is -2.13. The predicted molar refractivity (Wildman–Crippen MR) is 50.3 cm³/mol. The summed E-state index contributed by atoms with van der Waals surface area (Å²) in [5, 5.41) is 0. The molecule has 0 saturated carbocycles. The first-order valence-electron chi connectivity index (χ1n) is 4.89. The highest BCUT2D eigenvalue weighted by atomic mass is 14.1. The Balaban J connectivity index is 2.29. The molecule has 0 aromatic rings. The molecule has 0 aliphatic heterocycles. The monoisotopic (exact) mass is 151 g/mol. The van der Waals surface area contributed by atoms with Crippen LogP contribution in [0.3, 0.4) is 0 Å². The summed E-state index contributed by atoms with van der Waals surface area (Å²) >= 11 is 0. The van der Waals surface area contributed by atoms with Gasteiger partial charge in [-0.05, 0) is 31.6 Å². The van der Waals surface area contributed by atoms with Gasteiger partial charge < -0.3 is 0 Å². The van der Waals surface area contributed by atoms with Crippen LogP contribution >= 0.6 is 0 Å². The summed E-state index contributed by atoms with van der Waals surface area (Å²) in [4.78, 5) is 0. The summed E-state index contributed by atoms with van der Waals surface area (Å²) in [5.74, 6) is 0.841. The maximum atomic E-state index is 3.90. The molecule has 1 unspecified atom stereocenters. The third-order valence-corrected chi connectivity index (χ3v) is 2.43. The molecule has 0 amide bonds. The molecule has 0 heteroatoms. The summed E-state index contributed by atoms with van der Waals surface area (Å²) in [6.45, 7) is 3.90. The zero-order chi connectivity index (χ0) is 7.94. The Bertz CT molecular complexity index is 113. The lowest BCUT2D eigenvalue weighted by atomic mass is 9.93. The molecular formula is C11H19. The molecule has 11 heavy (non-hydrogen) atoms. The molecule has 0 bridgehead atoms. The fourth-order valence-electron chi connectivity index (χ4n) is 1.73. The van der Waals surface area contributed by atoms with Crippen LogP contribution in [-0.2, 0) is 0 Å². The van der Waals surface area contributed by atoms with E-state index in [9.17, 15) is 0 Å². The van der Waals surface area contributed by atoms with Crippen molar-refractivity contribution in [2.45, 2.75) is 44.9 Å². The molecule has 0 saturated heterocycles. The summed E-state index contributed by atoms with van der Waals surface area (Å²) in [7, 11) is 0. The van der Waals surface area contributed by atoms with Gasteiger partial charge >= 0.3 is 0 Å². The molecule has 1 aliphatic carbocycles. The highest BCUT2D eigenvalue weighted by Crippen LogP contribution is 2.20. The molecular weight excluding hydrogens is 132 g/mol. The third kappa shape index (κ3) is 3.60. The van der Waals surface area contributed by atoms with Crippen molar-refractivity contribution >= 4 is 0 Å². The Morgan fingerprint density at radius 3 is 3.00 bits per heavy atom. The first-order chi connectivity index (χ1) is 5.43. The normalized spacial score (nSPS) is 26.1. The molecule has 0 aromatic carbocycles. The number of allylic oxidation sites excluding steroid dienone is 2. The van der Waals surface area contributed by atoms with Crippen LogP contribution in [0.25, 0.3) is 0 Å². The van der Waals surface area contributed by atoms with Gasteiger partial charge in [0.2, 0.25) is 0 Å². The van der Waals surface area contributed by atoms with Gasteiger partial charge in [-0.2, -0.15) is 0 Å². The van der Waals surface area contributed by atoms with E-state index in [1.807, 2.05) is 0 Å². The molecule has 0 N–H and O–H groups in total. The minimum absolute atomic E-state index is 0.841. The third-order valence-electron chi connectivity index (χ3n) is 2.43. The van der Waals surface area contributed by atoms with Gasteiger partial charge in [0.1, 0.15) is 0 Å². The minimum atomic E-state index is 0.841. The van der Waals surface area contributed by atoms with Gasteiger partial charge in [0, 0.05) is 0 Å². The van der Waals surface area contributed by atoms with Crippen molar-refractivity contribution in [3.63, 3.8) is 0 Å². The van der Waals surface area contributed by atoms with E-state index in [1.54, 1.807) is 0 Å². The van der Waals surface area contributed by atoms with Crippen molar-refractivity contribution in [2.75, 3.05) is 0 Å². The summed E-state index contributed by atoms with van der Waals surface area (Å²) in [6, 6.07) is 0. The second-order valence-electron chi connectivity index (χ2n) is 3.47. The van der Waals surface area contributed by atoms with Crippen molar-refractivity contribution in [1.82, 2.24) is 0 Å². The van der Waals surface area contributed by atoms with Crippen LogP contribution < -0.4 is 0 Å². The van der Waals surface area contributed by atoms with Crippen molar-refractivity contribution in [2.24, 2.45) is 5.92 Å². The SMILES string of the molecule is [CH2]CCC1C=CCCCCC1. The molecule has 0 heterocycles. The fourth-order valence-corrected chi connectivity index (χ4v) is 1.73. The van der Waals surface area contributed by atoms with Crippen LogP contribution in [0, 0.1) is 12.8 Å². The second kappa shape index (κ2) is 5.40. The van der Waals surface area contributed by atoms with Gasteiger partial charge in [-0.15, -0.1) is 0 Å². The molecule has 63 valence electrons. The van der Waals surface area contributed by atoms with E-state index in [2.05, 4.69) is 19.1 Å². The Hall–Kier alpha value is -0.260. The van der Waals surface area contributed by atoms with E-state index >= 15 is 0 Å². The first-order valence-corrected chi connectivity index (χ1v) is 4.89. The fraction of sp³-hybridized carbons (Fsp3) is 0.727. The van der Waals surface area contributed by atoms with E-state index in [-0.39, 0.29) is 0 Å². The van der Waals surface area contributed by atoms with Gasteiger partial charge in [-0.25, -0.2) is 0 Å². The summed E-state index contributed by atoms with van der Waals surface area (Å²) < 4.78 is 0. The number of rotatable bonds is 2. The molecule has 1 aliphatic rings. The highest BCUT2D eigenvalue weighted by Gasteiger charge is 2.04. The zero-order valence-corrected chi connectivity index (χ0v) is 7.39. The predicted octanol–water partition coefficient (Wildman–Crippen LogP) is 3.74. The van der Waals surface area contributed by atoms with Crippen LogP contribution in [0.5, 0.6) is 0 Å². The first kappa shape index (κ1) is 8.83. The highest BCUT2D eigenvalue weighted by molar-refractivity contribution is 4.89. The van der Waals surface area contributed by atoms with Crippen molar-refractivity contribution in [1.29, 1.82) is 0 Å². The Morgan fingerprint density at radius 1 is 1.27 bits per heavy atom. The van der Waals surface area contributed by atoms with E-state index in [4.69, 9.17) is 0 Å². The zero-order valence-electron chi connectivity index (χ0n) is 7.39. The van der Waals surface area contributed by atoms with Crippen molar-refractivity contribution in [3.8, 4) is 0 Å². The average Bonchev–Trinajstić information content (AvgIpc) is 1.94. The van der Waals surface area contributed by atoms with E-state index in [1.165, 1.54) is 38.5 Å². The Morgan fingerprint density at radius 2 is 2.18 bits per heavy atom. The van der Waals surface area contributed by atoms with Crippen LogP contribution in [0.2, 0.25) is 0 Å². The summed E-state index contributed by atoms with van der Waals surface area (Å²) in [5.41, 5.74) is 0. The lowest BCUT2D eigenvalue weighted by molar-refractivity contribution is 0.495. The van der Waals surface area contributed by atoms with Crippen molar-refractivity contribution < 1.29 is 0 Å². The Labute approximate surface area is 70.7 Å².